The van der Waals surface area contributed by atoms with Crippen LogP contribution in [0.1, 0.15) is 32.3 Å². The van der Waals surface area contributed by atoms with Gasteiger partial charge in [0.1, 0.15) is 0 Å². The van der Waals surface area contributed by atoms with Crippen molar-refractivity contribution in [1.29, 1.82) is 0 Å². The Labute approximate surface area is 126 Å². The Bertz CT molecular complexity index is 618. The van der Waals surface area contributed by atoms with Crippen molar-refractivity contribution in [3.8, 4) is 0 Å². The molecule has 0 aliphatic carbocycles. The van der Waals surface area contributed by atoms with Gasteiger partial charge < -0.3 is 10.1 Å². The van der Waals surface area contributed by atoms with Crippen molar-refractivity contribution in [3.05, 3.63) is 48.0 Å². The summed E-state index contributed by atoms with van der Waals surface area (Å²) < 4.78 is 4.88. The van der Waals surface area contributed by atoms with Gasteiger partial charge >= 0.3 is 5.97 Å². The highest BCUT2D eigenvalue weighted by molar-refractivity contribution is 5.87. The van der Waals surface area contributed by atoms with Crippen LogP contribution in [0.15, 0.2) is 42.5 Å². The van der Waals surface area contributed by atoms with Gasteiger partial charge in [-0.15, -0.1) is 0 Å². The number of esters is 1. The van der Waals surface area contributed by atoms with E-state index in [0.717, 1.165) is 18.5 Å². The number of ether oxygens (including phenoxy) is 1. The molecule has 0 saturated heterocycles. The third-order valence-electron chi connectivity index (χ3n) is 3.87. The lowest BCUT2D eigenvalue weighted by Crippen LogP contribution is -2.42. The van der Waals surface area contributed by atoms with E-state index < -0.39 is 5.54 Å². The Kier molecular flexibility index (Phi) is 4.97. The van der Waals surface area contributed by atoms with E-state index in [1.54, 1.807) is 0 Å². The molecule has 0 saturated carbocycles. The third kappa shape index (κ3) is 3.42. The van der Waals surface area contributed by atoms with Gasteiger partial charge in [0, 0.05) is 0 Å². The SMILES string of the molecule is CCCNC(C)(CC(=O)OC)c1cccc2ccccc12. The first-order valence-corrected chi connectivity index (χ1v) is 7.41. The zero-order chi connectivity index (χ0) is 15.3. The molecule has 1 unspecified atom stereocenters. The molecule has 1 atom stereocenters. The summed E-state index contributed by atoms with van der Waals surface area (Å²) in [6.07, 6.45) is 1.33. The molecule has 3 nitrogen and oxygen atoms in total. The van der Waals surface area contributed by atoms with E-state index in [0.29, 0.717) is 6.42 Å². The Morgan fingerprint density at radius 2 is 1.90 bits per heavy atom. The fourth-order valence-corrected chi connectivity index (χ4v) is 2.72. The van der Waals surface area contributed by atoms with E-state index in [-0.39, 0.29) is 5.97 Å². The molecule has 0 fully saturated rings. The van der Waals surface area contributed by atoms with Gasteiger partial charge in [-0.05, 0) is 36.2 Å². The van der Waals surface area contributed by atoms with E-state index in [2.05, 4.69) is 43.4 Å². The summed E-state index contributed by atoms with van der Waals surface area (Å²) in [6.45, 7) is 5.05. The first-order valence-electron chi connectivity index (χ1n) is 7.41. The average molecular weight is 285 g/mol. The minimum Gasteiger partial charge on any atom is -0.469 e. The standard InChI is InChI=1S/C18H23NO2/c1-4-12-19-18(2,13-17(20)21-3)16-11-7-9-14-8-5-6-10-15(14)16/h5-11,19H,4,12-13H2,1-3H3. The lowest BCUT2D eigenvalue weighted by Gasteiger charge is -2.31. The molecular weight excluding hydrogens is 262 g/mol. The number of carbonyl (C=O) groups excluding carboxylic acids is 1. The Morgan fingerprint density at radius 1 is 1.19 bits per heavy atom. The van der Waals surface area contributed by atoms with Gasteiger partial charge in [-0.25, -0.2) is 0 Å². The molecule has 2 rings (SSSR count). The Hall–Kier alpha value is -1.87. The molecule has 0 bridgehead atoms. The second kappa shape index (κ2) is 6.72. The third-order valence-corrected chi connectivity index (χ3v) is 3.87. The van der Waals surface area contributed by atoms with E-state index in [1.165, 1.54) is 17.9 Å². The molecule has 2 aromatic rings. The van der Waals surface area contributed by atoms with Gasteiger partial charge in [-0.2, -0.15) is 0 Å². The summed E-state index contributed by atoms with van der Waals surface area (Å²) >= 11 is 0. The largest absolute Gasteiger partial charge is 0.469 e. The minimum atomic E-state index is -0.427. The highest BCUT2D eigenvalue weighted by Crippen LogP contribution is 2.31. The second-order valence-corrected chi connectivity index (χ2v) is 5.54. The van der Waals surface area contributed by atoms with Gasteiger partial charge in [0.25, 0.3) is 0 Å². The van der Waals surface area contributed by atoms with Crippen LogP contribution in [0, 0.1) is 0 Å². The van der Waals surface area contributed by atoms with Crippen LogP contribution in [0.3, 0.4) is 0 Å². The summed E-state index contributed by atoms with van der Waals surface area (Å²) in [7, 11) is 1.44. The maximum absolute atomic E-state index is 11.8. The molecule has 21 heavy (non-hydrogen) atoms. The number of rotatable bonds is 6. The molecule has 1 N–H and O–H groups in total. The van der Waals surface area contributed by atoms with Crippen LogP contribution in [0.25, 0.3) is 10.8 Å². The van der Waals surface area contributed by atoms with Crippen LogP contribution < -0.4 is 5.32 Å². The van der Waals surface area contributed by atoms with Crippen molar-refractivity contribution in [3.63, 3.8) is 0 Å². The molecule has 2 aromatic carbocycles. The first kappa shape index (κ1) is 15.5. The van der Waals surface area contributed by atoms with Gasteiger partial charge in [0.15, 0.2) is 0 Å². The Balaban J connectivity index is 2.49. The molecule has 0 aromatic heterocycles. The van der Waals surface area contributed by atoms with Gasteiger partial charge in [0.2, 0.25) is 0 Å². The lowest BCUT2D eigenvalue weighted by atomic mass is 9.85. The highest BCUT2D eigenvalue weighted by atomic mass is 16.5. The van der Waals surface area contributed by atoms with Crippen molar-refractivity contribution in [2.75, 3.05) is 13.7 Å². The number of hydrogen-bond acceptors (Lipinski definition) is 3. The van der Waals surface area contributed by atoms with E-state index in [9.17, 15) is 4.79 Å². The smallest absolute Gasteiger partial charge is 0.307 e. The van der Waals surface area contributed by atoms with Crippen LogP contribution in [0.2, 0.25) is 0 Å². The minimum absolute atomic E-state index is 0.200. The number of benzene rings is 2. The fraction of sp³-hybridized carbons (Fsp3) is 0.389. The van der Waals surface area contributed by atoms with Crippen LogP contribution >= 0.6 is 0 Å². The topological polar surface area (TPSA) is 38.3 Å². The number of hydrogen-bond donors (Lipinski definition) is 1. The predicted molar refractivity (Wildman–Crippen MR) is 86.2 cm³/mol. The molecule has 0 aliphatic heterocycles. The van der Waals surface area contributed by atoms with Crippen molar-refractivity contribution in [2.24, 2.45) is 0 Å². The molecule has 0 amide bonds. The Morgan fingerprint density at radius 3 is 2.62 bits per heavy atom. The summed E-state index contributed by atoms with van der Waals surface area (Å²) in [4.78, 5) is 11.8. The quantitative estimate of drug-likeness (QED) is 0.824. The normalized spacial score (nSPS) is 13.9. The van der Waals surface area contributed by atoms with Crippen LogP contribution in [-0.4, -0.2) is 19.6 Å². The van der Waals surface area contributed by atoms with Gasteiger partial charge in [-0.1, -0.05) is 49.4 Å². The van der Waals surface area contributed by atoms with E-state index in [1.807, 2.05) is 18.2 Å². The monoisotopic (exact) mass is 285 g/mol. The molecule has 3 heteroatoms. The summed E-state index contributed by atoms with van der Waals surface area (Å²) in [6, 6.07) is 14.5. The van der Waals surface area contributed by atoms with Crippen molar-refractivity contribution < 1.29 is 9.53 Å². The van der Waals surface area contributed by atoms with Gasteiger partial charge in [-0.3, -0.25) is 4.79 Å². The molecular formula is C18H23NO2. The molecule has 0 aliphatic rings. The first-order chi connectivity index (χ1) is 10.1. The molecule has 0 spiro atoms. The number of methoxy groups -OCH3 is 1. The van der Waals surface area contributed by atoms with Crippen LogP contribution in [0.4, 0.5) is 0 Å². The van der Waals surface area contributed by atoms with Gasteiger partial charge in [0.05, 0.1) is 19.1 Å². The fourth-order valence-electron chi connectivity index (χ4n) is 2.72. The maximum atomic E-state index is 11.8. The molecule has 112 valence electrons. The summed E-state index contributed by atoms with van der Waals surface area (Å²) in [5.74, 6) is -0.200. The van der Waals surface area contributed by atoms with Crippen molar-refractivity contribution >= 4 is 16.7 Å². The lowest BCUT2D eigenvalue weighted by molar-refractivity contribution is -0.142. The number of nitrogens with one attached hydrogen (secondary N) is 1. The predicted octanol–water partition coefficient (Wildman–Crippen LogP) is 3.62. The molecule has 0 radical (unpaired) electrons. The summed E-state index contributed by atoms with van der Waals surface area (Å²) in [5, 5.41) is 5.88. The molecule has 0 heterocycles. The van der Waals surface area contributed by atoms with Crippen molar-refractivity contribution in [2.45, 2.75) is 32.2 Å². The summed E-state index contributed by atoms with van der Waals surface area (Å²) in [5.41, 5.74) is 0.712. The highest BCUT2D eigenvalue weighted by Gasteiger charge is 2.30. The zero-order valence-electron chi connectivity index (χ0n) is 13.0. The van der Waals surface area contributed by atoms with E-state index >= 15 is 0 Å². The van der Waals surface area contributed by atoms with Crippen LogP contribution in [-0.2, 0) is 15.1 Å². The average Bonchev–Trinajstić information content (AvgIpc) is 2.52. The van der Waals surface area contributed by atoms with Crippen LogP contribution in [0.5, 0.6) is 0 Å². The second-order valence-electron chi connectivity index (χ2n) is 5.54. The zero-order valence-corrected chi connectivity index (χ0v) is 13.0. The number of fused-ring (bicyclic) bond motifs is 1. The van der Waals surface area contributed by atoms with E-state index in [4.69, 9.17) is 4.74 Å². The number of carbonyl (C=O) groups is 1. The van der Waals surface area contributed by atoms with Crippen molar-refractivity contribution in [1.82, 2.24) is 5.32 Å². The maximum Gasteiger partial charge on any atom is 0.307 e.